The first-order valence-electron chi connectivity index (χ1n) is 8.31. The van der Waals surface area contributed by atoms with Gasteiger partial charge in [-0.15, -0.1) is 12.4 Å². The van der Waals surface area contributed by atoms with E-state index in [1.165, 1.54) is 12.8 Å². The van der Waals surface area contributed by atoms with E-state index in [1.54, 1.807) is 12.1 Å². The van der Waals surface area contributed by atoms with Crippen molar-refractivity contribution in [1.82, 2.24) is 10.6 Å². The van der Waals surface area contributed by atoms with Gasteiger partial charge in [0.2, 0.25) is 0 Å². The number of nitrogens with one attached hydrogen (secondary N) is 2. The molecule has 4 nitrogen and oxygen atoms in total. The van der Waals surface area contributed by atoms with Crippen LogP contribution in [0.25, 0.3) is 0 Å². The molecule has 0 aromatic heterocycles. The fraction of sp³-hybridized carbons (Fsp3) is 0.647. The Morgan fingerprint density at radius 3 is 2.88 bits per heavy atom. The van der Waals surface area contributed by atoms with Crippen LogP contribution in [0.2, 0.25) is 0 Å². The van der Waals surface area contributed by atoms with Gasteiger partial charge in [-0.1, -0.05) is 24.6 Å². The number of alkyl halides is 2. The van der Waals surface area contributed by atoms with Crippen molar-refractivity contribution in [1.29, 1.82) is 0 Å². The van der Waals surface area contributed by atoms with Gasteiger partial charge in [-0.25, -0.2) is 0 Å². The van der Waals surface area contributed by atoms with Crippen LogP contribution in [0.3, 0.4) is 0 Å². The van der Waals surface area contributed by atoms with Crippen LogP contribution in [0.1, 0.15) is 24.8 Å². The van der Waals surface area contributed by atoms with Gasteiger partial charge in [0.05, 0.1) is 13.2 Å². The average Bonchev–Trinajstić information content (AvgIpc) is 3.03. The summed E-state index contributed by atoms with van der Waals surface area (Å²) in [5.74, 6) is 0.780. The SMILES string of the molecule is Cl.FC(F)Oc1ccccc1CNC1CCCC1C1COCCN1. The molecule has 0 amide bonds. The van der Waals surface area contributed by atoms with Gasteiger partial charge in [0.25, 0.3) is 0 Å². The number of hydrogen-bond acceptors (Lipinski definition) is 4. The Morgan fingerprint density at radius 2 is 2.12 bits per heavy atom. The summed E-state index contributed by atoms with van der Waals surface area (Å²) >= 11 is 0. The molecule has 0 radical (unpaired) electrons. The smallest absolute Gasteiger partial charge is 0.387 e. The standard InChI is InChI=1S/C17H24F2N2O2.ClH/c18-17(19)23-16-7-2-1-4-12(16)10-21-14-6-3-5-13(14)15-11-22-9-8-20-15;/h1-2,4,7,13-15,17,20-21H,3,5-6,8-11H2;1H. The lowest BCUT2D eigenvalue weighted by molar-refractivity contribution is -0.0505. The van der Waals surface area contributed by atoms with Gasteiger partial charge >= 0.3 is 6.61 Å². The second-order valence-corrected chi connectivity index (χ2v) is 6.20. The fourth-order valence-electron chi connectivity index (χ4n) is 3.69. The number of rotatable bonds is 6. The van der Waals surface area contributed by atoms with E-state index in [-0.39, 0.29) is 18.2 Å². The molecule has 1 saturated heterocycles. The first-order chi connectivity index (χ1) is 11.2. The third-order valence-electron chi connectivity index (χ3n) is 4.78. The van der Waals surface area contributed by atoms with Crippen LogP contribution in [-0.2, 0) is 11.3 Å². The largest absolute Gasteiger partial charge is 0.434 e. The highest BCUT2D eigenvalue weighted by Crippen LogP contribution is 2.30. The molecule has 2 N–H and O–H groups in total. The van der Waals surface area contributed by atoms with E-state index in [0.717, 1.165) is 31.7 Å². The van der Waals surface area contributed by atoms with Crippen molar-refractivity contribution >= 4 is 12.4 Å². The molecule has 1 aliphatic carbocycles. The predicted octanol–water partition coefficient (Wildman–Crippen LogP) is 2.96. The van der Waals surface area contributed by atoms with Crippen LogP contribution in [0.5, 0.6) is 5.75 Å². The molecule has 1 saturated carbocycles. The molecule has 1 aliphatic heterocycles. The molecule has 24 heavy (non-hydrogen) atoms. The monoisotopic (exact) mass is 362 g/mol. The summed E-state index contributed by atoms with van der Waals surface area (Å²) < 4.78 is 35.1. The highest BCUT2D eigenvalue weighted by atomic mass is 35.5. The van der Waals surface area contributed by atoms with E-state index in [0.29, 0.717) is 24.5 Å². The molecule has 0 bridgehead atoms. The number of morpholine rings is 1. The number of ether oxygens (including phenoxy) is 2. The Bertz CT molecular complexity index is 501. The Hall–Kier alpha value is -0.950. The van der Waals surface area contributed by atoms with Crippen LogP contribution < -0.4 is 15.4 Å². The Labute approximate surface area is 147 Å². The van der Waals surface area contributed by atoms with Crippen molar-refractivity contribution in [2.24, 2.45) is 5.92 Å². The molecule has 3 rings (SSSR count). The fourth-order valence-corrected chi connectivity index (χ4v) is 3.69. The number of benzene rings is 1. The third kappa shape index (κ3) is 5.02. The average molecular weight is 363 g/mol. The van der Waals surface area contributed by atoms with Crippen molar-refractivity contribution in [2.75, 3.05) is 19.8 Å². The molecular formula is C17H25ClF2N2O2. The zero-order valence-corrected chi connectivity index (χ0v) is 14.4. The lowest BCUT2D eigenvalue weighted by atomic mass is 9.94. The van der Waals surface area contributed by atoms with Crippen molar-refractivity contribution in [2.45, 2.75) is 44.5 Å². The zero-order valence-electron chi connectivity index (χ0n) is 13.5. The normalized spacial score (nSPS) is 27.0. The predicted molar refractivity (Wildman–Crippen MR) is 90.9 cm³/mol. The van der Waals surface area contributed by atoms with E-state index < -0.39 is 6.61 Å². The van der Waals surface area contributed by atoms with Gasteiger partial charge < -0.3 is 20.1 Å². The lowest BCUT2D eigenvalue weighted by Crippen LogP contribution is -2.50. The zero-order chi connectivity index (χ0) is 16.1. The molecule has 2 aliphatic rings. The maximum Gasteiger partial charge on any atom is 0.387 e. The highest BCUT2D eigenvalue weighted by Gasteiger charge is 2.34. The summed E-state index contributed by atoms with van der Waals surface area (Å²) in [6.07, 6.45) is 3.48. The molecule has 3 unspecified atom stereocenters. The second-order valence-electron chi connectivity index (χ2n) is 6.20. The highest BCUT2D eigenvalue weighted by molar-refractivity contribution is 5.85. The van der Waals surface area contributed by atoms with Gasteiger partial charge in [-0.05, 0) is 24.8 Å². The quantitative estimate of drug-likeness (QED) is 0.816. The summed E-state index contributed by atoms with van der Waals surface area (Å²) in [6, 6.07) is 7.74. The molecule has 7 heteroatoms. The number of hydrogen-bond donors (Lipinski definition) is 2. The van der Waals surface area contributed by atoms with Gasteiger partial charge in [-0.2, -0.15) is 8.78 Å². The lowest BCUT2D eigenvalue weighted by Gasteiger charge is -2.33. The maximum atomic E-state index is 12.5. The van der Waals surface area contributed by atoms with E-state index >= 15 is 0 Å². The third-order valence-corrected chi connectivity index (χ3v) is 4.78. The minimum absolute atomic E-state index is 0. The van der Waals surface area contributed by atoms with E-state index in [4.69, 9.17) is 4.74 Å². The summed E-state index contributed by atoms with van der Waals surface area (Å²) in [5, 5.41) is 7.08. The van der Waals surface area contributed by atoms with E-state index in [1.807, 2.05) is 12.1 Å². The molecule has 2 fully saturated rings. The molecule has 1 aromatic carbocycles. The summed E-state index contributed by atoms with van der Waals surface area (Å²) in [5.41, 5.74) is 0.770. The van der Waals surface area contributed by atoms with Crippen molar-refractivity contribution in [3.05, 3.63) is 29.8 Å². The summed E-state index contributed by atoms with van der Waals surface area (Å²) in [6.45, 7) is 0.184. The molecular weight excluding hydrogens is 338 g/mol. The molecule has 136 valence electrons. The molecule has 1 heterocycles. The second kappa shape index (κ2) is 9.51. The number of para-hydroxylation sites is 1. The topological polar surface area (TPSA) is 42.5 Å². The molecule has 3 atom stereocenters. The minimum atomic E-state index is -2.79. The Morgan fingerprint density at radius 1 is 1.29 bits per heavy atom. The van der Waals surface area contributed by atoms with E-state index in [2.05, 4.69) is 15.4 Å². The van der Waals surface area contributed by atoms with Gasteiger partial charge in [-0.3, -0.25) is 0 Å². The Kier molecular flexibility index (Phi) is 7.68. The van der Waals surface area contributed by atoms with Crippen molar-refractivity contribution in [3.8, 4) is 5.75 Å². The van der Waals surface area contributed by atoms with Crippen LogP contribution in [0.4, 0.5) is 8.78 Å². The maximum absolute atomic E-state index is 12.5. The van der Waals surface area contributed by atoms with Crippen LogP contribution >= 0.6 is 12.4 Å². The Balaban J connectivity index is 0.00000208. The van der Waals surface area contributed by atoms with Crippen LogP contribution in [0, 0.1) is 5.92 Å². The summed E-state index contributed by atoms with van der Waals surface area (Å²) in [7, 11) is 0. The minimum Gasteiger partial charge on any atom is -0.434 e. The first-order valence-corrected chi connectivity index (χ1v) is 8.31. The van der Waals surface area contributed by atoms with Crippen LogP contribution in [-0.4, -0.2) is 38.5 Å². The number of halogens is 3. The molecule has 1 aromatic rings. The van der Waals surface area contributed by atoms with Crippen LogP contribution in [0.15, 0.2) is 24.3 Å². The van der Waals surface area contributed by atoms with E-state index in [9.17, 15) is 8.78 Å². The van der Waals surface area contributed by atoms with Gasteiger partial charge in [0.15, 0.2) is 0 Å². The molecule has 0 spiro atoms. The van der Waals surface area contributed by atoms with Crippen molar-refractivity contribution in [3.63, 3.8) is 0 Å². The first kappa shape index (κ1) is 19.4. The van der Waals surface area contributed by atoms with Gasteiger partial charge in [0, 0.05) is 30.7 Å². The summed E-state index contributed by atoms with van der Waals surface area (Å²) in [4.78, 5) is 0. The van der Waals surface area contributed by atoms with Crippen molar-refractivity contribution < 1.29 is 18.3 Å². The van der Waals surface area contributed by atoms with Gasteiger partial charge in [0.1, 0.15) is 5.75 Å².